The third-order valence-corrected chi connectivity index (χ3v) is 3.01. The predicted molar refractivity (Wildman–Crippen MR) is 79.9 cm³/mol. The number of rotatable bonds is 2. The molecule has 0 fully saturated rings. The van der Waals surface area contributed by atoms with Gasteiger partial charge in [-0.25, -0.2) is 4.79 Å². The molecule has 2 rings (SSSR count). The molecule has 4 N–H and O–H groups in total. The molecule has 0 saturated carbocycles. The van der Waals surface area contributed by atoms with E-state index in [1.807, 2.05) is 5.32 Å². The van der Waals surface area contributed by atoms with Crippen LogP contribution in [0.25, 0.3) is 0 Å². The molecule has 0 atom stereocenters. The quantitative estimate of drug-likeness (QED) is 0.522. The first-order valence-electron chi connectivity index (χ1n) is 6.68. The van der Waals surface area contributed by atoms with Gasteiger partial charge >= 0.3 is 18.4 Å². The summed E-state index contributed by atoms with van der Waals surface area (Å²) in [7, 11) is 0. The van der Waals surface area contributed by atoms with E-state index < -0.39 is 35.2 Å². The number of halogens is 6. The summed E-state index contributed by atoms with van der Waals surface area (Å²) in [5.74, 6) is 0. The number of nitrogens with one attached hydrogen (secondary N) is 2. The van der Waals surface area contributed by atoms with Crippen molar-refractivity contribution in [2.45, 2.75) is 12.4 Å². The zero-order valence-corrected chi connectivity index (χ0v) is 12.3. The second-order valence-corrected chi connectivity index (χ2v) is 5.00. The number of anilines is 3. The first kappa shape index (κ1) is 18.4. The minimum atomic E-state index is -4.99. The Morgan fingerprint density at radius 1 is 0.760 bits per heavy atom. The molecule has 0 spiro atoms. The molecule has 25 heavy (non-hydrogen) atoms. The summed E-state index contributed by atoms with van der Waals surface area (Å²) in [4.78, 5) is 11.8. The van der Waals surface area contributed by atoms with E-state index >= 15 is 0 Å². The maximum absolute atomic E-state index is 12.8. The standard InChI is InChI=1S/C15H11F6N3O/c16-14(17,18)8-5-9(15(19,20)21)7-12(6-8)24-13(25)23-11-3-1-10(22)2-4-11/h1-7H,22H2,(H2,23,24,25). The number of amides is 2. The molecule has 0 radical (unpaired) electrons. The molecule has 0 bridgehead atoms. The van der Waals surface area contributed by atoms with Gasteiger partial charge in [-0.3, -0.25) is 0 Å². The van der Waals surface area contributed by atoms with E-state index in [9.17, 15) is 31.1 Å². The van der Waals surface area contributed by atoms with Crippen LogP contribution in [-0.4, -0.2) is 6.03 Å². The molecule has 2 aromatic carbocycles. The maximum Gasteiger partial charge on any atom is 0.416 e. The molecular weight excluding hydrogens is 352 g/mol. The zero-order chi connectivity index (χ0) is 18.8. The van der Waals surface area contributed by atoms with E-state index in [-0.39, 0.29) is 11.8 Å². The van der Waals surface area contributed by atoms with Crippen molar-refractivity contribution < 1.29 is 31.1 Å². The highest BCUT2D eigenvalue weighted by Crippen LogP contribution is 2.37. The number of hydrogen-bond acceptors (Lipinski definition) is 2. The van der Waals surface area contributed by atoms with Crippen LogP contribution < -0.4 is 16.4 Å². The van der Waals surface area contributed by atoms with Crippen LogP contribution in [0.3, 0.4) is 0 Å². The van der Waals surface area contributed by atoms with Crippen molar-refractivity contribution in [3.05, 3.63) is 53.6 Å². The Morgan fingerprint density at radius 3 is 1.64 bits per heavy atom. The van der Waals surface area contributed by atoms with Crippen molar-refractivity contribution in [1.82, 2.24) is 0 Å². The topological polar surface area (TPSA) is 67.1 Å². The monoisotopic (exact) mass is 363 g/mol. The molecule has 0 unspecified atom stereocenters. The number of nitrogen functional groups attached to an aromatic ring is 1. The van der Waals surface area contributed by atoms with Gasteiger partial charge in [0.15, 0.2) is 0 Å². The van der Waals surface area contributed by atoms with Crippen LogP contribution in [0.2, 0.25) is 0 Å². The lowest BCUT2D eigenvalue weighted by Gasteiger charge is -2.15. The summed E-state index contributed by atoms with van der Waals surface area (Å²) in [5, 5.41) is 4.21. The smallest absolute Gasteiger partial charge is 0.399 e. The lowest BCUT2D eigenvalue weighted by atomic mass is 10.1. The highest BCUT2D eigenvalue weighted by molar-refractivity contribution is 5.99. The van der Waals surface area contributed by atoms with Crippen molar-refractivity contribution in [2.75, 3.05) is 16.4 Å². The third kappa shape index (κ3) is 5.03. The van der Waals surface area contributed by atoms with Gasteiger partial charge in [0.05, 0.1) is 11.1 Å². The van der Waals surface area contributed by atoms with Crippen LogP contribution in [0.4, 0.5) is 48.2 Å². The molecule has 0 aliphatic rings. The first-order chi connectivity index (χ1) is 11.4. The fourth-order valence-electron chi connectivity index (χ4n) is 1.89. The average molecular weight is 363 g/mol. The van der Waals surface area contributed by atoms with Crippen molar-refractivity contribution in [3.63, 3.8) is 0 Å². The lowest BCUT2D eigenvalue weighted by molar-refractivity contribution is -0.143. The van der Waals surface area contributed by atoms with Gasteiger partial charge in [-0.2, -0.15) is 26.3 Å². The maximum atomic E-state index is 12.8. The van der Waals surface area contributed by atoms with E-state index in [0.717, 1.165) is 0 Å². The highest BCUT2D eigenvalue weighted by atomic mass is 19.4. The molecule has 134 valence electrons. The number of hydrogen-bond donors (Lipinski definition) is 3. The Bertz CT molecular complexity index is 736. The van der Waals surface area contributed by atoms with Gasteiger partial charge in [0.25, 0.3) is 0 Å². The van der Waals surface area contributed by atoms with Gasteiger partial charge < -0.3 is 16.4 Å². The number of carbonyl (C=O) groups is 1. The van der Waals surface area contributed by atoms with Crippen molar-refractivity contribution >= 4 is 23.1 Å². The minimum Gasteiger partial charge on any atom is -0.399 e. The second-order valence-electron chi connectivity index (χ2n) is 5.00. The predicted octanol–water partition coefficient (Wildman–Crippen LogP) is 4.95. The van der Waals surface area contributed by atoms with Gasteiger partial charge in [-0.05, 0) is 42.5 Å². The Morgan fingerprint density at radius 2 is 1.20 bits per heavy atom. The van der Waals surface area contributed by atoms with Gasteiger partial charge in [0.1, 0.15) is 0 Å². The molecule has 0 aliphatic heterocycles. The number of carbonyl (C=O) groups excluding carboxylic acids is 1. The average Bonchev–Trinajstić information content (AvgIpc) is 2.47. The molecule has 2 aromatic rings. The van der Waals surface area contributed by atoms with Crippen molar-refractivity contribution in [3.8, 4) is 0 Å². The summed E-state index contributed by atoms with van der Waals surface area (Å²) < 4.78 is 76.5. The zero-order valence-electron chi connectivity index (χ0n) is 12.3. The molecule has 2 amide bonds. The van der Waals surface area contributed by atoms with E-state index in [4.69, 9.17) is 5.73 Å². The van der Waals surface area contributed by atoms with Crippen molar-refractivity contribution in [2.24, 2.45) is 0 Å². The van der Waals surface area contributed by atoms with Crippen molar-refractivity contribution in [1.29, 1.82) is 0 Å². The Kier molecular flexibility index (Phi) is 4.82. The van der Waals surface area contributed by atoms with Crippen LogP contribution >= 0.6 is 0 Å². The van der Waals surface area contributed by atoms with E-state index in [2.05, 4.69) is 5.32 Å². The van der Waals surface area contributed by atoms with Crippen LogP contribution in [0, 0.1) is 0 Å². The Labute approximate surface area is 137 Å². The van der Waals surface area contributed by atoms with Crippen LogP contribution in [0.5, 0.6) is 0 Å². The molecule has 0 aliphatic carbocycles. The normalized spacial score (nSPS) is 11.9. The largest absolute Gasteiger partial charge is 0.416 e. The summed E-state index contributed by atoms with van der Waals surface area (Å²) >= 11 is 0. The molecule has 0 saturated heterocycles. The molecule has 4 nitrogen and oxygen atoms in total. The van der Waals surface area contributed by atoms with E-state index in [1.54, 1.807) is 0 Å². The van der Waals surface area contributed by atoms with Gasteiger partial charge in [0, 0.05) is 17.1 Å². The van der Waals surface area contributed by atoms with Crippen LogP contribution in [-0.2, 0) is 12.4 Å². The number of urea groups is 1. The number of benzene rings is 2. The Hall–Kier alpha value is -2.91. The van der Waals surface area contributed by atoms with Gasteiger partial charge in [-0.1, -0.05) is 0 Å². The van der Waals surface area contributed by atoms with E-state index in [1.165, 1.54) is 24.3 Å². The van der Waals surface area contributed by atoms with Crippen LogP contribution in [0.15, 0.2) is 42.5 Å². The number of nitrogens with two attached hydrogens (primary N) is 1. The molecular formula is C15H11F6N3O. The van der Waals surface area contributed by atoms with Crippen LogP contribution in [0.1, 0.15) is 11.1 Å². The SMILES string of the molecule is Nc1ccc(NC(=O)Nc2cc(C(F)(F)F)cc(C(F)(F)F)c2)cc1. The second kappa shape index (κ2) is 6.54. The van der Waals surface area contributed by atoms with Gasteiger partial charge in [-0.15, -0.1) is 0 Å². The fraction of sp³-hybridized carbons (Fsp3) is 0.133. The summed E-state index contributed by atoms with van der Waals surface area (Å²) in [6.45, 7) is 0. The third-order valence-electron chi connectivity index (χ3n) is 3.01. The van der Waals surface area contributed by atoms with Gasteiger partial charge in [0.2, 0.25) is 0 Å². The summed E-state index contributed by atoms with van der Waals surface area (Å²) in [5.41, 5.74) is 2.44. The Balaban J connectivity index is 2.25. The highest BCUT2D eigenvalue weighted by Gasteiger charge is 2.37. The first-order valence-corrected chi connectivity index (χ1v) is 6.68. The molecule has 10 heteroatoms. The fourth-order valence-corrected chi connectivity index (χ4v) is 1.89. The lowest BCUT2D eigenvalue weighted by Crippen LogP contribution is -2.20. The molecule has 0 aromatic heterocycles. The van der Waals surface area contributed by atoms with E-state index in [0.29, 0.717) is 17.8 Å². The summed E-state index contributed by atoms with van der Waals surface area (Å²) in [6, 6.07) is 5.56. The summed E-state index contributed by atoms with van der Waals surface area (Å²) in [6.07, 6.45) is -9.99. The molecule has 0 heterocycles. The minimum absolute atomic E-state index is 0.0247. The number of alkyl halides is 6.